The van der Waals surface area contributed by atoms with Crippen molar-refractivity contribution in [3.05, 3.63) is 35.9 Å². The van der Waals surface area contributed by atoms with Crippen LogP contribution >= 0.6 is 0 Å². The van der Waals surface area contributed by atoms with E-state index >= 15 is 0 Å². The van der Waals surface area contributed by atoms with Gasteiger partial charge in [0.15, 0.2) is 0 Å². The maximum absolute atomic E-state index is 4.64. The predicted molar refractivity (Wildman–Crippen MR) is 85.1 cm³/mol. The summed E-state index contributed by atoms with van der Waals surface area (Å²) in [5.74, 6) is 0.660. The summed E-state index contributed by atoms with van der Waals surface area (Å²) < 4.78 is 4.06. The molecule has 0 spiro atoms. The summed E-state index contributed by atoms with van der Waals surface area (Å²) in [6, 6.07) is 4.60. The van der Waals surface area contributed by atoms with Crippen molar-refractivity contribution in [2.24, 2.45) is 5.92 Å². The van der Waals surface area contributed by atoms with Gasteiger partial charge in [0.1, 0.15) is 0 Å². The van der Waals surface area contributed by atoms with Crippen LogP contribution in [0.1, 0.15) is 51.5 Å². The lowest BCUT2D eigenvalue weighted by atomic mass is 10.2. The third-order valence-corrected chi connectivity index (χ3v) is 3.68. The zero-order valence-electron chi connectivity index (χ0n) is 13.6. The zero-order chi connectivity index (χ0) is 15.2. The van der Waals surface area contributed by atoms with Gasteiger partial charge in [-0.15, -0.1) is 0 Å². The van der Waals surface area contributed by atoms with Gasteiger partial charge in [-0.3, -0.25) is 9.36 Å². The van der Waals surface area contributed by atoms with Crippen molar-refractivity contribution in [2.75, 3.05) is 6.54 Å². The van der Waals surface area contributed by atoms with Crippen molar-refractivity contribution < 1.29 is 0 Å². The lowest BCUT2D eigenvalue weighted by molar-refractivity contribution is 0.469. The SMILES string of the molecule is CCC(C)n1ccc(Cn2nccc2CNCC(C)C)n1. The molecule has 0 amide bonds. The van der Waals surface area contributed by atoms with E-state index in [-0.39, 0.29) is 0 Å². The fourth-order valence-electron chi connectivity index (χ4n) is 2.19. The number of nitrogens with one attached hydrogen (secondary N) is 1. The van der Waals surface area contributed by atoms with E-state index in [4.69, 9.17) is 0 Å². The number of nitrogens with zero attached hydrogens (tertiary/aromatic N) is 4. The van der Waals surface area contributed by atoms with Crippen molar-refractivity contribution in [3.8, 4) is 0 Å². The second kappa shape index (κ2) is 7.41. The van der Waals surface area contributed by atoms with Crippen molar-refractivity contribution in [1.29, 1.82) is 0 Å². The maximum atomic E-state index is 4.64. The molecule has 2 heterocycles. The second-order valence-electron chi connectivity index (χ2n) is 6.05. The summed E-state index contributed by atoms with van der Waals surface area (Å²) >= 11 is 0. The van der Waals surface area contributed by atoms with E-state index in [9.17, 15) is 0 Å². The summed E-state index contributed by atoms with van der Waals surface area (Å²) in [5.41, 5.74) is 2.26. The summed E-state index contributed by atoms with van der Waals surface area (Å²) in [4.78, 5) is 0. The first-order chi connectivity index (χ1) is 10.1. The molecule has 0 radical (unpaired) electrons. The van der Waals surface area contributed by atoms with Gasteiger partial charge in [0, 0.05) is 25.0 Å². The Bertz CT molecular complexity index is 540. The van der Waals surface area contributed by atoms with Crippen LogP contribution in [0, 0.1) is 5.92 Å². The first-order valence-electron chi connectivity index (χ1n) is 7.85. The molecule has 0 saturated heterocycles. The minimum Gasteiger partial charge on any atom is -0.311 e. The molecular formula is C16H27N5. The Balaban J connectivity index is 1.96. The van der Waals surface area contributed by atoms with Gasteiger partial charge in [-0.2, -0.15) is 10.2 Å². The van der Waals surface area contributed by atoms with Gasteiger partial charge >= 0.3 is 0 Å². The highest BCUT2D eigenvalue weighted by Gasteiger charge is 2.08. The van der Waals surface area contributed by atoms with E-state index in [0.29, 0.717) is 12.0 Å². The van der Waals surface area contributed by atoms with Gasteiger partial charge in [-0.25, -0.2) is 0 Å². The lowest BCUT2D eigenvalue weighted by Crippen LogP contribution is -2.21. The minimum atomic E-state index is 0.448. The van der Waals surface area contributed by atoms with Crippen molar-refractivity contribution in [3.63, 3.8) is 0 Å². The van der Waals surface area contributed by atoms with Crippen LogP contribution in [-0.2, 0) is 13.1 Å². The van der Waals surface area contributed by atoms with Crippen LogP contribution in [0.15, 0.2) is 24.5 Å². The molecule has 2 aromatic rings. The first kappa shape index (κ1) is 15.8. The van der Waals surface area contributed by atoms with E-state index in [2.05, 4.69) is 61.5 Å². The average Bonchev–Trinajstić information content (AvgIpc) is 3.08. The second-order valence-corrected chi connectivity index (χ2v) is 6.05. The Morgan fingerprint density at radius 1 is 1.24 bits per heavy atom. The molecule has 0 saturated carbocycles. The summed E-state index contributed by atoms with van der Waals surface area (Å²) in [7, 11) is 0. The van der Waals surface area contributed by atoms with E-state index in [1.54, 1.807) is 0 Å². The highest BCUT2D eigenvalue weighted by Crippen LogP contribution is 2.10. The van der Waals surface area contributed by atoms with Crippen LogP contribution in [0.4, 0.5) is 0 Å². The van der Waals surface area contributed by atoms with Crippen LogP contribution in [0.2, 0.25) is 0 Å². The van der Waals surface area contributed by atoms with Crippen LogP contribution in [0.5, 0.6) is 0 Å². The quantitative estimate of drug-likeness (QED) is 0.813. The highest BCUT2D eigenvalue weighted by molar-refractivity contribution is 5.06. The number of aromatic nitrogens is 4. The van der Waals surface area contributed by atoms with Crippen molar-refractivity contribution in [2.45, 2.75) is 53.2 Å². The average molecular weight is 289 g/mol. The zero-order valence-corrected chi connectivity index (χ0v) is 13.6. The predicted octanol–water partition coefficient (Wildman–Crippen LogP) is 2.84. The number of rotatable bonds is 8. The molecule has 21 heavy (non-hydrogen) atoms. The summed E-state index contributed by atoms with van der Waals surface area (Å²) in [6.07, 6.45) is 5.01. The number of hydrogen-bond acceptors (Lipinski definition) is 3. The lowest BCUT2D eigenvalue weighted by Gasteiger charge is -2.10. The maximum Gasteiger partial charge on any atom is 0.0853 e. The molecule has 0 aliphatic heterocycles. The Morgan fingerprint density at radius 2 is 2.05 bits per heavy atom. The number of hydrogen-bond donors (Lipinski definition) is 1. The van der Waals surface area contributed by atoms with Crippen LogP contribution < -0.4 is 5.32 Å². The normalized spacial score (nSPS) is 13.0. The molecular weight excluding hydrogens is 262 g/mol. The smallest absolute Gasteiger partial charge is 0.0853 e. The molecule has 2 rings (SSSR count). The van der Waals surface area contributed by atoms with Crippen LogP contribution in [-0.4, -0.2) is 26.1 Å². The van der Waals surface area contributed by atoms with Gasteiger partial charge < -0.3 is 5.32 Å². The Hall–Kier alpha value is -1.62. The van der Waals surface area contributed by atoms with Gasteiger partial charge in [0.05, 0.1) is 17.9 Å². The molecule has 0 fully saturated rings. The molecule has 0 aliphatic carbocycles. The van der Waals surface area contributed by atoms with E-state index in [1.165, 1.54) is 5.69 Å². The molecule has 116 valence electrons. The standard InChI is InChI=1S/C16H27N5/c1-5-14(4)20-9-7-15(19-20)12-21-16(6-8-18-21)11-17-10-13(2)3/h6-9,13-14,17H,5,10-12H2,1-4H3. The van der Waals surface area contributed by atoms with Gasteiger partial charge in [0.25, 0.3) is 0 Å². The fourth-order valence-corrected chi connectivity index (χ4v) is 2.19. The Kier molecular flexibility index (Phi) is 5.56. The molecule has 0 aliphatic rings. The largest absolute Gasteiger partial charge is 0.311 e. The molecule has 5 nitrogen and oxygen atoms in total. The molecule has 1 N–H and O–H groups in total. The third kappa shape index (κ3) is 4.43. The van der Waals surface area contributed by atoms with E-state index in [1.807, 2.05) is 15.6 Å². The van der Waals surface area contributed by atoms with E-state index in [0.717, 1.165) is 31.7 Å². The molecule has 0 aromatic carbocycles. The molecule has 1 unspecified atom stereocenters. The topological polar surface area (TPSA) is 47.7 Å². The third-order valence-electron chi connectivity index (χ3n) is 3.68. The minimum absolute atomic E-state index is 0.448. The van der Waals surface area contributed by atoms with Gasteiger partial charge in [0.2, 0.25) is 0 Å². The monoisotopic (exact) mass is 289 g/mol. The molecule has 0 bridgehead atoms. The van der Waals surface area contributed by atoms with Crippen LogP contribution in [0.3, 0.4) is 0 Å². The fraction of sp³-hybridized carbons (Fsp3) is 0.625. The first-order valence-corrected chi connectivity index (χ1v) is 7.85. The highest BCUT2D eigenvalue weighted by atomic mass is 15.3. The summed E-state index contributed by atoms with van der Waals surface area (Å²) in [5, 5.41) is 12.5. The Morgan fingerprint density at radius 3 is 2.76 bits per heavy atom. The van der Waals surface area contributed by atoms with Crippen molar-refractivity contribution >= 4 is 0 Å². The summed E-state index contributed by atoms with van der Waals surface area (Å²) in [6.45, 7) is 11.4. The van der Waals surface area contributed by atoms with E-state index < -0.39 is 0 Å². The van der Waals surface area contributed by atoms with Crippen LogP contribution in [0.25, 0.3) is 0 Å². The van der Waals surface area contributed by atoms with Gasteiger partial charge in [-0.05, 0) is 37.9 Å². The molecule has 2 aromatic heterocycles. The molecule has 1 atom stereocenters. The van der Waals surface area contributed by atoms with Gasteiger partial charge in [-0.1, -0.05) is 20.8 Å². The molecule has 5 heteroatoms. The Labute approximate surface area is 127 Å². The van der Waals surface area contributed by atoms with Crippen molar-refractivity contribution in [1.82, 2.24) is 24.9 Å².